The Labute approximate surface area is 78.7 Å². The third-order valence-corrected chi connectivity index (χ3v) is 5.38. The lowest BCUT2D eigenvalue weighted by atomic mass is 10.1. The molecule has 0 unspecified atom stereocenters. The molecule has 1 aliphatic heterocycles. The molecule has 1 rings (SSSR count). The van der Waals surface area contributed by atoms with Gasteiger partial charge >= 0.3 is 0 Å². The molecule has 1 fully saturated rings. The van der Waals surface area contributed by atoms with E-state index >= 15 is 0 Å². The molecule has 1 heterocycles. The van der Waals surface area contributed by atoms with Gasteiger partial charge in [0.25, 0.3) is 0 Å². The first kappa shape index (κ1) is 9.93. The lowest BCUT2D eigenvalue weighted by Gasteiger charge is -2.35. The molecule has 0 amide bonds. The van der Waals surface area contributed by atoms with Gasteiger partial charge in [0.05, 0.1) is 0 Å². The number of hydrogen-bond acceptors (Lipinski definition) is 2. The van der Waals surface area contributed by atoms with Crippen molar-refractivity contribution in [2.75, 3.05) is 27.2 Å². The Kier molecular flexibility index (Phi) is 2.74. The largest absolute Gasteiger partial charge is 0.224 e. The number of terminal acetylenes is 1. The third kappa shape index (κ3) is 1.62. The first-order valence-electron chi connectivity index (χ1n) is 3.62. The summed E-state index contributed by atoms with van der Waals surface area (Å²) in [5, 5.41) is 0. The van der Waals surface area contributed by atoms with E-state index in [-0.39, 0.29) is 5.92 Å². The predicted octanol–water partition coefficient (Wildman–Crippen LogP) is -0.311. The van der Waals surface area contributed by atoms with Gasteiger partial charge in [0.15, 0.2) is 8.86 Å². The van der Waals surface area contributed by atoms with Crippen molar-refractivity contribution in [1.82, 2.24) is 8.61 Å². The molecule has 0 aromatic rings. The molecule has 0 N–H and O–H groups in total. The monoisotopic (exact) mass is 204 g/mol. The molecule has 0 aliphatic carbocycles. The molecule has 0 saturated carbocycles. The first-order valence-corrected chi connectivity index (χ1v) is 6.02. The highest BCUT2D eigenvalue weighted by atomic mass is 32.8. The standard InChI is InChI=1S/C7H12N2OS2/c1-4-7-5-8(2)12(10,11)9(3)6-7/h1,7H,5-6H2,2-3H3. The second-order valence-electron chi connectivity index (χ2n) is 2.93. The average Bonchev–Trinajstić information content (AvgIpc) is 2.00. The first-order chi connectivity index (χ1) is 5.48. The topological polar surface area (TPSA) is 23.6 Å². The summed E-state index contributed by atoms with van der Waals surface area (Å²) in [7, 11) is 1.11. The Bertz CT molecular complexity index is 286. The van der Waals surface area contributed by atoms with Crippen LogP contribution >= 0.6 is 0 Å². The summed E-state index contributed by atoms with van der Waals surface area (Å²) in [6.07, 6.45) is 5.29. The molecule has 0 aromatic heterocycles. The molecule has 1 aliphatic rings. The van der Waals surface area contributed by atoms with Crippen molar-refractivity contribution in [1.29, 1.82) is 0 Å². The van der Waals surface area contributed by atoms with Gasteiger partial charge < -0.3 is 0 Å². The van der Waals surface area contributed by atoms with Crippen LogP contribution in [0.5, 0.6) is 0 Å². The minimum Gasteiger partial charge on any atom is -0.224 e. The van der Waals surface area contributed by atoms with E-state index in [1.165, 1.54) is 0 Å². The molecule has 68 valence electrons. The van der Waals surface area contributed by atoms with Crippen LogP contribution < -0.4 is 0 Å². The molecule has 0 aromatic carbocycles. The third-order valence-electron chi connectivity index (χ3n) is 1.98. The van der Waals surface area contributed by atoms with Crippen LogP contribution in [0.2, 0.25) is 0 Å². The van der Waals surface area contributed by atoms with Gasteiger partial charge in [-0.2, -0.15) is 0 Å². The van der Waals surface area contributed by atoms with Crippen molar-refractivity contribution in [3.05, 3.63) is 0 Å². The van der Waals surface area contributed by atoms with Crippen molar-refractivity contribution in [3.63, 3.8) is 0 Å². The van der Waals surface area contributed by atoms with E-state index in [1.54, 1.807) is 22.7 Å². The zero-order valence-corrected chi connectivity index (χ0v) is 8.82. The van der Waals surface area contributed by atoms with E-state index in [4.69, 9.17) is 17.6 Å². The molecule has 1 saturated heterocycles. The summed E-state index contributed by atoms with van der Waals surface area (Å²) in [5.74, 6) is 2.78. The molecule has 0 atom stereocenters. The summed E-state index contributed by atoms with van der Waals surface area (Å²) in [6.45, 7) is 1.26. The van der Waals surface area contributed by atoms with E-state index in [0.29, 0.717) is 13.1 Å². The summed E-state index contributed by atoms with van der Waals surface area (Å²) in [6, 6.07) is 0. The number of nitrogens with zero attached hydrogens (tertiary/aromatic N) is 2. The van der Waals surface area contributed by atoms with Crippen LogP contribution in [0.3, 0.4) is 0 Å². The molecule has 0 bridgehead atoms. The van der Waals surface area contributed by atoms with Gasteiger partial charge in [-0.25, -0.2) is 12.8 Å². The fraction of sp³-hybridized carbons (Fsp3) is 0.714. The fourth-order valence-electron chi connectivity index (χ4n) is 1.21. The maximum Gasteiger partial charge on any atom is 0.157 e. The van der Waals surface area contributed by atoms with Crippen molar-refractivity contribution < 1.29 is 4.21 Å². The number of hydrogen-bond donors (Lipinski definition) is 0. The maximum atomic E-state index is 11.7. The Balaban J connectivity index is 2.87. The maximum absolute atomic E-state index is 11.7. The van der Waals surface area contributed by atoms with E-state index < -0.39 is 8.86 Å². The molecule has 3 nitrogen and oxygen atoms in total. The molecule has 0 radical (unpaired) electrons. The van der Waals surface area contributed by atoms with Gasteiger partial charge in [0.2, 0.25) is 0 Å². The van der Waals surface area contributed by atoms with Crippen LogP contribution in [-0.4, -0.2) is 40.0 Å². The van der Waals surface area contributed by atoms with E-state index in [2.05, 4.69) is 5.92 Å². The van der Waals surface area contributed by atoms with Gasteiger partial charge in [-0.1, -0.05) is 0 Å². The van der Waals surface area contributed by atoms with E-state index in [9.17, 15) is 4.21 Å². The molecular weight excluding hydrogens is 192 g/mol. The summed E-state index contributed by atoms with van der Waals surface area (Å²) in [5.41, 5.74) is 0. The molecular formula is C7H12N2OS2. The second kappa shape index (κ2) is 3.30. The van der Waals surface area contributed by atoms with Crippen molar-refractivity contribution in [2.45, 2.75) is 0 Å². The lowest BCUT2D eigenvalue weighted by Crippen LogP contribution is -2.49. The van der Waals surface area contributed by atoms with Gasteiger partial charge in [-0.3, -0.25) is 0 Å². The average molecular weight is 204 g/mol. The Morgan fingerprint density at radius 2 is 1.92 bits per heavy atom. The van der Waals surface area contributed by atoms with Crippen LogP contribution in [0.25, 0.3) is 0 Å². The smallest absolute Gasteiger partial charge is 0.157 e. The predicted molar refractivity (Wildman–Crippen MR) is 53.1 cm³/mol. The fourth-order valence-corrected chi connectivity index (χ4v) is 2.79. The van der Waals surface area contributed by atoms with Crippen LogP contribution in [0.1, 0.15) is 0 Å². The quantitative estimate of drug-likeness (QED) is 0.505. The lowest BCUT2D eigenvalue weighted by molar-refractivity contribution is 0.330. The minimum absolute atomic E-state index is 0.137. The van der Waals surface area contributed by atoms with Gasteiger partial charge in [0, 0.05) is 44.3 Å². The highest BCUT2D eigenvalue weighted by molar-refractivity contribution is 8.30. The molecule has 5 heteroatoms. The second-order valence-corrected chi connectivity index (χ2v) is 6.38. The molecule has 0 spiro atoms. The van der Waals surface area contributed by atoms with Crippen LogP contribution in [0.4, 0.5) is 0 Å². The zero-order chi connectivity index (χ0) is 9.35. The van der Waals surface area contributed by atoms with Crippen LogP contribution in [-0.2, 0) is 20.1 Å². The minimum atomic E-state index is -2.38. The van der Waals surface area contributed by atoms with E-state index in [1.807, 2.05) is 0 Å². The van der Waals surface area contributed by atoms with Gasteiger partial charge in [-0.05, 0) is 0 Å². The Morgan fingerprint density at radius 3 is 2.25 bits per heavy atom. The zero-order valence-electron chi connectivity index (χ0n) is 7.19. The Hall–Kier alpha value is -0.150. The van der Waals surface area contributed by atoms with Gasteiger partial charge in [0.1, 0.15) is 0 Å². The van der Waals surface area contributed by atoms with Crippen molar-refractivity contribution >= 4 is 20.1 Å². The summed E-state index contributed by atoms with van der Waals surface area (Å²) < 4.78 is 15.0. The van der Waals surface area contributed by atoms with Crippen molar-refractivity contribution in [3.8, 4) is 12.3 Å². The van der Waals surface area contributed by atoms with Crippen LogP contribution in [0.15, 0.2) is 0 Å². The summed E-state index contributed by atoms with van der Waals surface area (Å²) >= 11 is 4.95. The Morgan fingerprint density at radius 1 is 1.50 bits per heavy atom. The highest BCUT2D eigenvalue weighted by Crippen LogP contribution is 2.16. The SMILES string of the molecule is C#CC1CN(C)S(=O)(=S)N(C)C1. The van der Waals surface area contributed by atoms with Crippen LogP contribution in [0, 0.1) is 18.3 Å². The van der Waals surface area contributed by atoms with Crippen molar-refractivity contribution in [2.24, 2.45) is 5.92 Å². The number of rotatable bonds is 0. The highest BCUT2D eigenvalue weighted by Gasteiger charge is 2.29. The van der Waals surface area contributed by atoms with Gasteiger partial charge in [-0.15, -0.1) is 12.3 Å². The van der Waals surface area contributed by atoms with E-state index in [0.717, 1.165) is 0 Å². The normalized spacial score (nSPS) is 39.2. The molecule has 12 heavy (non-hydrogen) atoms. The summed E-state index contributed by atoms with van der Waals surface area (Å²) in [4.78, 5) is 0.